The molecule has 2 aliphatic heterocycles. The van der Waals surface area contributed by atoms with E-state index in [1.807, 2.05) is 6.92 Å². The number of alkyl halides is 1. The topological polar surface area (TPSA) is 162 Å². The van der Waals surface area contributed by atoms with Crippen LogP contribution in [0.15, 0.2) is 6.33 Å². The number of imidazole rings is 1. The van der Waals surface area contributed by atoms with Gasteiger partial charge in [0.05, 0.1) is 26.7 Å². The summed E-state index contributed by atoms with van der Waals surface area (Å²) in [5.41, 5.74) is 4.14. The van der Waals surface area contributed by atoms with Crippen molar-refractivity contribution >= 4 is 30.8 Å². The second-order valence-electron chi connectivity index (χ2n) is 7.93. The lowest BCUT2D eigenvalue weighted by atomic mass is 9.98. The normalized spacial score (nSPS) is 32.5. The predicted molar refractivity (Wildman–Crippen MR) is 112 cm³/mol. The first-order chi connectivity index (χ1) is 15.6. The van der Waals surface area contributed by atoms with Gasteiger partial charge < -0.3 is 19.9 Å². The third-order valence-electron chi connectivity index (χ3n) is 5.35. The quantitative estimate of drug-likeness (QED) is 0.427. The van der Waals surface area contributed by atoms with E-state index < -0.39 is 43.9 Å². The summed E-state index contributed by atoms with van der Waals surface area (Å²) in [6.07, 6.45) is -1.32. The minimum Gasteiger partial charge on any atom is -0.476 e. The summed E-state index contributed by atoms with van der Waals surface area (Å²) in [6, 6.07) is -1.000. The first-order valence-electron chi connectivity index (χ1n) is 10.4. The fraction of sp³-hybridized carbons (Fsp3) is 0.667. The van der Waals surface area contributed by atoms with E-state index in [0.29, 0.717) is 12.1 Å². The van der Waals surface area contributed by atoms with Gasteiger partial charge in [0.25, 0.3) is 0 Å². The van der Waals surface area contributed by atoms with E-state index in [1.54, 1.807) is 0 Å². The van der Waals surface area contributed by atoms with Gasteiger partial charge in [0.1, 0.15) is 18.2 Å². The lowest BCUT2D eigenvalue weighted by molar-refractivity contribution is -0.142. The molecule has 4 heterocycles. The molecule has 15 heteroatoms. The Labute approximate surface area is 188 Å². The Hall–Kier alpha value is -2.38. The largest absolute Gasteiger partial charge is 0.476 e. The summed E-state index contributed by atoms with van der Waals surface area (Å²) in [5.74, 6) is -0.568. The average Bonchev–Trinajstić information content (AvgIpc) is 3.29. The van der Waals surface area contributed by atoms with E-state index in [9.17, 15) is 9.36 Å². The van der Waals surface area contributed by atoms with Crippen LogP contribution in [0.1, 0.15) is 33.4 Å². The standard InChI is InChI=1S/C18H26FN6O7P/c1-5-6-29-14-11-13(22-17(20)23-14)25(8-21-11)16-18(3,19)12-10(31-16)7-30-33(27,32-12)24-9(2)15(26)28-4/h8-10,12,16H,5-7H2,1-4H3,(H,24,27)(H2,20,22,23)/t9?,10-,12-,16-,18-,33?/m1/s1. The fourth-order valence-corrected chi connectivity index (χ4v) is 5.53. The highest BCUT2D eigenvalue weighted by molar-refractivity contribution is 7.51. The Balaban J connectivity index is 1.62. The molecule has 0 spiro atoms. The van der Waals surface area contributed by atoms with Crippen molar-refractivity contribution in [2.75, 3.05) is 26.1 Å². The van der Waals surface area contributed by atoms with E-state index in [-0.39, 0.29) is 24.1 Å². The van der Waals surface area contributed by atoms with Crippen LogP contribution in [0.4, 0.5) is 10.3 Å². The molecular weight excluding hydrogens is 462 g/mol. The number of halogens is 1. The lowest BCUT2D eigenvalue weighted by Gasteiger charge is -2.35. The maximum absolute atomic E-state index is 16.1. The molecular formula is C18H26FN6O7P. The number of nitrogens with zero attached hydrogens (tertiary/aromatic N) is 4. The van der Waals surface area contributed by atoms with Crippen molar-refractivity contribution in [2.24, 2.45) is 0 Å². The van der Waals surface area contributed by atoms with Crippen LogP contribution in [0.2, 0.25) is 0 Å². The van der Waals surface area contributed by atoms with Gasteiger partial charge in [-0.05, 0) is 20.3 Å². The van der Waals surface area contributed by atoms with Crippen LogP contribution in [-0.4, -0.2) is 69.7 Å². The van der Waals surface area contributed by atoms with Crippen LogP contribution in [0.3, 0.4) is 0 Å². The number of anilines is 1. The lowest BCUT2D eigenvalue weighted by Crippen LogP contribution is -2.47. The number of fused-ring (bicyclic) bond motifs is 2. The number of hydrogen-bond acceptors (Lipinski definition) is 11. The minimum atomic E-state index is -4.03. The Kier molecular flexibility index (Phi) is 6.31. The number of aromatic nitrogens is 4. The molecule has 0 radical (unpaired) electrons. The number of rotatable bonds is 7. The molecule has 33 heavy (non-hydrogen) atoms. The summed E-state index contributed by atoms with van der Waals surface area (Å²) in [5, 5.41) is 2.45. The Morgan fingerprint density at radius 2 is 2.27 bits per heavy atom. The molecule has 0 aliphatic carbocycles. The number of nitrogens with two attached hydrogens (primary N) is 1. The Morgan fingerprint density at radius 1 is 1.52 bits per heavy atom. The zero-order valence-corrected chi connectivity index (χ0v) is 19.5. The van der Waals surface area contributed by atoms with Gasteiger partial charge in [-0.2, -0.15) is 9.97 Å². The number of nitrogen functional groups attached to an aromatic ring is 1. The van der Waals surface area contributed by atoms with Crippen molar-refractivity contribution in [1.29, 1.82) is 0 Å². The molecule has 6 atom stereocenters. The summed E-state index contributed by atoms with van der Waals surface area (Å²) >= 11 is 0. The van der Waals surface area contributed by atoms with Crippen molar-refractivity contribution in [1.82, 2.24) is 24.6 Å². The second kappa shape index (κ2) is 8.76. The third-order valence-corrected chi connectivity index (χ3v) is 7.05. The number of methoxy groups -OCH3 is 1. The number of ether oxygens (including phenoxy) is 3. The Morgan fingerprint density at radius 3 is 2.97 bits per heavy atom. The van der Waals surface area contributed by atoms with Gasteiger partial charge in [0.15, 0.2) is 23.1 Å². The average molecular weight is 488 g/mol. The van der Waals surface area contributed by atoms with E-state index in [4.69, 9.17) is 24.3 Å². The molecule has 13 nitrogen and oxygen atoms in total. The number of esters is 1. The molecule has 0 bridgehead atoms. The van der Waals surface area contributed by atoms with Gasteiger partial charge in [-0.1, -0.05) is 6.92 Å². The molecule has 2 aliphatic rings. The Bertz CT molecular complexity index is 1100. The molecule has 4 rings (SSSR count). The van der Waals surface area contributed by atoms with Crippen LogP contribution in [0, 0.1) is 0 Å². The van der Waals surface area contributed by atoms with Crippen molar-refractivity contribution in [3.05, 3.63) is 6.33 Å². The first kappa shape index (κ1) is 23.8. The third kappa shape index (κ3) is 4.28. The van der Waals surface area contributed by atoms with Crippen LogP contribution < -0.4 is 15.6 Å². The van der Waals surface area contributed by atoms with E-state index in [0.717, 1.165) is 6.42 Å². The second-order valence-corrected chi connectivity index (χ2v) is 9.65. The minimum absolute atomic E-state index is 0.0728. The zero-order valence-electron chi connectivity index (χ0n) is 18.6. The maximum atomic E-state index is 16.1. The number of nitrogens with one attached hydrogen (secondary N) is 1. The first-order valence-corrected chi connectivity index (χ1v) is 11.9. The smallest absolute Gasteiger partial charge is 0.406 e. The van der Waals surface area contributed by atoms with Crippen molar-refractivity contribution in [3.8, 4) is 5.88 Å². The van der Waals surface area contributed by atoms with Gasteiger partial charge in [0.2, 0.25) is 11.8 Å². The van der Waals surface area contributed by atoms with Gasteiger partial charge in [-0.15, -0.1) is 0 Å². The summed E-state index contributed by atoms with van der Waals surface area (Å²) < 4.78 is 57.4. The van der Waals surface area contributed by atoms with Crippen molar-refractivity contribution < 1.29 is 37.0 Å². The van der Waals surface area contributed by atoms with Crippen molar-refractivity contribution in [3.63, 3.8) is 0 Å². The van der Waals surface area contributed by atoms with E-state index in [1.165, 1.54) is 31.9 Å². The number of hydrogen-bond donors (Lipinski definition) is 2. The number of carbonyl (C=O) groups excluding carboxylic acids is 1. The SMILES string of the molecule is CCCOc1nc(N)nc2c1ncn2[C@@H]1O[C@@H]2COP(=O)(NC(C)C(=O)OC)O[C@H]2[C@@]1(C)F. The van der Waals surface area contributed by atoms with Gasteiger partial charge in [0, 0.05) is 0 Å². The van der Waals surface area contributed by atoms with Crippen molar-refractivity contribution in [2.45, 2.75) is 57.3 Å². The van der Waals surface area contributed by atoms with Crippen LogP contribution >= 0.6 is 7.75 Å². The van der Waals surface area contributed by atoms with Gasteiger partial charge in [-0.25, -0.2) is 19.0 Å². The molecule has 2 unspecified atom stereocenters. The van der Waals surface area contributed by atoms with Crippen LogP contribution in [0.5, 0.6) is 5.88 Å². The molecule has 0 aromatic carbocycles. The molecule has 0 saturated carbocycles. The molecule has 182 valence electrons. The molecule has 2 aromatic rings. The highest BCUT2D eigenvalue weighted by Gasteiger charge is 2.61. The van der Waals surface area contributed by atoms with Crippen LogP contribution in [-0.2, 0) is 27.9 Å². The fourth-order valence-electron chi connectivity index (χ4n) is 3.77. The number of carbonyl (C=O) groups is 1. The highest BCUT2D eigenvalue weighted by Crippen LogP contribution is 2.57. The summed E-state index contributed by atoms with van der Waals surface area (Å²) in [6.45, 7) is 4.78. The van der Waals surface area contributed by atoms with Gasteiger partial charge >= 0.3 is 13.7 Å². The monoisotopic (exact) mass is 488 g/mol. The summed E-state index contributed by atoms with van der Waals surface area (Å²) in [4.78, 5) is 24.2. The maximum Gasteiger partial charge on any atom is 0.406 e. The van der Waals surface area contributed by atoms with Gasteiger partial charge in [-0.3, -0.25) is 18.4 Å². The zero-order chi connectivity index (χ0) is 24.0. The highest BCUT2D eigenvalue weighted by atomic mass is 31.2. The molecule has 3 N–H and O–H groups in total. The van der Waals surface area contributed by atoms with E-state index >= 15 is 4.39 Å². The summed E-state index contributed by atoms with van der Waals surface area (Å²) in [7, 11) is -2.84. The molecule has 0 amide bonds. The molecule has 2 aromatic heterocycles. The molecule has 2 fully saturated rings. The predicted octanol–water partition coefficient (Wildman–Crippen LogP) is 1.50. The van der Waals surface area contributed by atoms with Crippen LogP contribution in [0.25, 0.3) is 11.2 Å². The molecule has 2 saturated heterocycles. The van der Waals surface area contributed by atoms with E-state index in [2.05, 4.69) is 24.8 Å².